The highest BCUT2D eigenvalue weighted by molar-refractivity contribution is 5.96. The van der Waals surface area contributed by atoms with Gasteiger partial charge in [0.05, 0.1) is 11.3 Å². The zero-order valence-corrected chi connectivity index (χ0v) is 14.4. The summed E-state index contributed by atoms with van der Waals surface area (Å²) in [7, 11) is 1.90. The monoisotopic (exact) mass is 327 g/mol. The number of rotatable bonds is 2. The lowest BCUT2D eigenvalue weighted by atomic mass is 10.1. The minimum Gasteiger partial charge on any atom is -0.337 e. The number of carbonyl (C=O) groups excluding carboxylic acids is 1. The molecule has 1 unspecified atom stereocenters. The first-order valence-corrected chi connectivity index (χ1v) is 7.82. The smallest absolute Gasteiger partial charge is 0.257 e. The van der Waals surface area contributed by atoms with Crippen molar-refractivity contribution in [1.29, 1.82) is 0 Å². The van der Waals surface area contributed by atoms with E-state index < -0.39 is 0 Å². The average molecular weight is 328 g/mol. The predicted molar refractivity (Wildman–Crippen MR) is 88.7 cm³/mol. The maximum Gasteiger partial charge on any atom is 0.257 e. The fourth-order valence-corrected chi connectivity index (χ4v) is 3.51. The van der Waals surface area contributed by atoms with E-state index in [0.29, 0.717) is 6.04 Å². The van der Waals surface area contributed by atoms with E-state index in [1.165, 1.54) is 0 Å². The van der Waals surface area contributed by atoms with Crippen molar-refractivity contribution in [3.05, 3.63) is 17.0 Å². The molecule has 0 saturated carbocycles. The van der Waals surface area contributed by atoms with E-state index in [1.807, 2.05) is 25.8 Å². The molecule has 1 aromatic rings. The van der Waals surface area contributed by atoms with Crippen LogP contribution in [0.3, 0.4) is 0 Å². The third kappa shape index (κ3) is 3.14. The van der Waals surface area contributed by atoms with Gasteiger partial charge in [0.15, 0.2) is 0 Å². The van der Waals surface area contributed by atoms with Crippen LogP contribution in [0.2, 0.25) is 0 Å². The van der Waals surface area contributed by atoms with Gasteiger partial charge in [-0.15, -0.1) is 12.4 Å². The second-order valence-electron chi connectivity index (χ2n) is 6.15. The Bertz CT molecular complexity index is 538. The summed E-state index contributed by atoms with van der Waals surface area (Å²) < 4.78 is 1.80. The molecule has 1 aromatic heterocycles. The number of likely N-dealkylation sites (tertiary alicyclic amines) is 1. The molecule has 3 heterocycles. The van der Waals surface area contributed by atoms with Gasteiger partial charge in [-0.2, -0.15) is 5.10 Å². The number of amides is 1. The summed E-state index contributed by atoms with van der Waals surface area (Å²) in [5.74, 6) is 0.149. The first-order chi connectivity index (χ1) is 10.1. The molecule has 3 rings (SSSR count). The van der Waals surface area contributed by atoms with E-state index in [0.717, 1.165) is 62.6 Å². The van der Waals surface area contributed by atoms with Crippen LogP contribution < -0.4 is 5.32 Å². The fourth-order valence-electron chi connectivity index (χ4n) is 3.51. The molecule has 1 amide bonds. The minimum absolute atomic E-state index is 0. The van der Waals surface area contributed by atoms with Gasteiger partial charge in [-0.3, -0.25) is 14.4 Å². The largest absolute Gasteiger partial charge is 0.337 e. The fraction of sp³-hybridized carbons (Fsp3) is 0.733. The summed E-state index contributed by atoms with van der Waals surface area (Å²) in [6, 6.07) is 0.522. The normalized spacial score (nSPS) is 22.7. The molecule has 2 fully saturated rings. The zero-order valence-electron chi connectivity index (χ0n) is 13.6. The molecule has 1 atom stereocenters. The lowest BCUT2D eigenvalue weighted by molar-refractivity contribution is 0.0772. The van der Waals surface area contributed by atoms with E-state index in [-0.39, 0.29) is 18.3 Å². The van der Waals surface area contributed by atoms with Gasteiger partial charge in [-0.1, -0.05) is 0 Å². The number of aromatic nitrogens is 2. The van der Waals surface area contributed by atoms with Crippen LogP contribution in [0.4, 0.5) is 0 Å². The third-order valence-corrected chi connectivity index (χ3v) is 4.84. The molecule has 6 nitrogen and oxygen atoms in total. The van der Waals surface area contributed by atoms with Crippen molar-refractivity contribution in [1.82, 2.24) is 24.9 Å². The number of hydrogen-bond acceptors (Lipinski definition) is 4. The Hall–Kier alpha value is -1.11. The Morgan fingerprint density at radius 1 is 1.23 bits per heavy atom. The summed E-state index contributed by atoms with van der Waals surface area (Å²) in [5.41, 5.74) is 2.59. The first kappa shape index (κ1) is 17.2. The maximum absolute atomic E-state index is 12.8. The summed E-state index contributed by atoms with van der Waals surface area (Å²) in [6.07, 6.45) is 1.09. The lowest BCUT2D eigenvalue weighted by Gasteiger charge is -2.32. The lowest BCUT2D eigenvalue weighted by Crippen LogP contribution is -2.49. The highest BCUT2D eigenvalue weighted by Gasteiger charge is 2.33. The van der Waals surface area contributed by atoms with Gasteiger partial charge in [0.25, 0.3) is 5.91 Å². The van der Waals surface area contributed by atoms with Gasteiger partial charge in [0.1, 0.15) is 0 Å². The van der Waals surface area contributed by atoms with Crippen molar-refractivity contribution in [2.24, 2.45) is 7.05 Å². The van der Waals surface area contributed by atoms with Crippen LogP contribution in [0.1, 0.15) is 28.2 Å². The zero-order chi connectivity index (χ0) is 15.0. The van der Waals surface area contributed by atoms with Gasteiger partial charge in [-0.25, -0.2) is 0 Å². The van der Waals surface area contributed by atoms with Crippen molar-refractivity contribution in [3.63, 3.8) is 0 Å². The Balaban J connectivity index is 0.00000176. The number of hydrogen-bond donors (Lipinski definition) is 1. The molecular weight excluding hydrogens is 302 g/mol. The van der Waals surface area contributed by atoms with Gasteiger partial charge >= 0.3 is 0 Å². The molecule has 0 aromatic carbocycles. The van der Waals surface area contributed by atoms with Crippen molar-refractivity contribution in [2.75, 3.05) is 39.3 Å². The molecule has 2 aliphatic heterocycles. The number of carbonyl (C=O) groups is 1. The van der Waals surface area contributed by atoms with E-state index in [4.69, 9.17) is 0 Å². The molecule has 124 valence electrons. The van der Waals surface area contributed by atoms with Crippen LogP contribution in [0.15, 0.2) is 0 Å². The predicted octanol–water partition coefficient (Wildman–Crippen LogP) is 0.578. The van der Waals surface area contributed by atoms with Crippen LogP contribution >= 0.6 is 12.4 Å². The number of nitrogens with one attached hydrogen (secondary N) is 1. The van der Waals surface area contributed by atoms with E-state index in [9.17, 15) is 4.79 Å². The van der Waals surface area contributed by atoms with Crippen molar-refractivity contribution in [3.8, 4) is 0 Å². The van der Waals surface area contributed by atoms with E-state index >= 15 is 0 Å². The van der Waals surface area contributed by atoms with Gasteiger partial charge in [0.2, 0.25) is 0 Å². The maximum atomic E-state index is 12.8. The van der Waals surface area contributed by atoms with Gasteiger partial charge in [0, 0.05) is 58.1 Å². The standard InChI is InChI=1S/C15H25N5O.ClH/c1-11-14(12(2)18(3)17-11)15(21)20-7-4-13(10-20)19-8-5-16-6-9-19;/h13,16H,4-10H2,1-3H3;1H. The SMILES string of the molecule is Cc1nn(C)c(C)c1C(=O)N1CCC(N2CCNCC2)C1.Cl. The molecule has 2 saturated heterocycles. The van der Waals surface area contributed by atoms with Crippen molar-refractivity contribution >= 4 is 18.3 Å². The quantitative estimate of drug-likeness (QED) is 0.863. The van der Waals surface area contributed by atoms with E-state index in [1.54, 1.807) is 4.68 Å². The topological polar surface area (TPSA) is 53.4 Å². The van der Waals surface area contributed by atoms with Crippen molar-refractivity contribution in [2.45, 2.75) is 26.3 Å². The second kappa shape index (κ2) is 6.98. The third-order valence-electron chi connectivity index (χ3n) is 4.84. The second-order valence-corrected chi connectivity index (χ2v) is 6.15. The molecule has 0 bridgehead atoms. The van der Waals surface area contributed by atoms with Crippen molar-refractivity contribution < 1.29 is 4.79 Å². The molecular formula is C15H26ClN5O. The van der Waals surface area contributed by atoms with Crippen LogP contribution in [-0.2, 0) is 7.05 Å². The number of nitrogens with zero attached hydrogens (tertiary/aromatic N) is 4. The van der Waals surface area contributed by atoms with Crippen LogP contribution in [0.25, 0.3) is 0 Å². The average Bonchev–Trinajstić information content (AvgIpc) is 3.06. The molecule has 1 N–H and O–H groups in total. The van der Waals surface area contributed by atoms with Gasteiger partial charge < -0.3 is 10.2 Å². The first-order valence-electron chi connectivity index (χ1n) is 7.82. The molecule has 0 radical (unpaired) electrons. The summed E-state index contributed by atoms with van der Waals surface area (Å²) in [5, 5.41) is 7.74. The molecule has 7 heteroatoms. The number of halogens is 1. The molecule has 2 aliphatic rings. The minimum atomic E-state index is 0. The van der Waals surface area contributed by atoms with Crippen LogP contribution in [-0.4, -0.2) is 70.8 Å². The van der Waals surface area contributed by atoms with E-state index in [2.05, 4.69) is 15.3 Å². The Labute approximate surface area is 138 Å². The summed E-state index contributed by atoms with van der Waals surface area (Å²) in [6.45, 7) is 9.92. The molecule has 0 spiro atoms. The highest BCUT2D eigenvalue weighted by atomic mass is 35.5. The molecule has 22 heavy (non-hydrogen) atoms. The Kier molecular flexibility index (Phi) is 5.47. The Morgan fingerprint density at radius 2 is 1.91 bits per heavy atom. The number of piperazine rings is 1. The summed E-state index contributed by atoms with van der Waals surface area (Å²) in [4.78, 5) is 17.3. The van der Waals surface area contributed by atoms with Crippen LogP contribution in [0, 0.1) is 13.8 Å². The molecule has 0 aliphatic carbocycles. The number of aryl methyl sites for hydroxylation is 2. The Morgan fingerprint density at radius 3 is 2.50 bits per heavy atom. The van der Waals surface area contributed by atoms with Gasteiger partial charge in [-0.05, 0) is 20.3 Å². The summed E-state index contributed by atoms with van der Waals surface area (Å²) >= 11 is 0. The highest BCUT2D eigenvalue weighted by Crippen LogP contribution is 2.21. The van der Waals surface area contributed by atoms with Crippen LogP contribution in [0.5, 0.6) is 0 Å².